The maximum absolute atomic E-state index is 2.42. The summed E-state index contributed by atoms with van der Waals surface area (Å²) < 4.78 is 0. The molecule has 0 radical (unpaired) electrons. The van der Waals surface area contributed by atoms with Crippen molar-refractivity contribution in [1.29, 1.82) is 0 Å². The maximum atomic E-state index is 2.42. The molecule has 3 heteroatoms. The molecule has 0 saturated carbocycles. The highest BCUT2D eigenvalue weighted by molar-refractivity contribution is 8.04. The Hall–Kier alpha value is -1.55. The smallest absolute Gasteiger partial charge is 0.0285 e. The molecule has 0 spiro atoms. The Labute approximate surface area is 195 Å². The Morgan fingerprint density at radius 2 is 1.17 bits per heavy atom. The molecule has 0 unspecified atom stereocenters. The summed E-state index contributed by atoms with van der Waals surface area (Å²) >= 11 is 5.92. The zero-order valence-electron chi connectivity index (χ0n) is 17.9. The van der Waals surface area contributed by atoms with Gasteiger partial charge in [-0.2, -0.15) is 0 Å². The Morgan fingerprint density at radius 1 is 0.700 bits per heavy atom. The van der Waals surface area contributed by atoms with E-state index in [1.54, 1.807) is 0 Å². The first-order chi connectivity index (χ1) is 14.7. The van der Waals surface area contributed by atoms with Gasteiger partial charge in [0.15, 0.2) is 0 Å². The summed E-state index contributed by atoms with van der Waals surface area (Å²) in [7, 11) is 0. The highest BCUT2D eigenvalue weighted by atomic mass is 32.2. The normalized spacial score (nSPS) is 14.8. The van der Waals surface area contributed by atoms with Gasteiger partial charge in [-0.15, -0.1) is 23.5 Å². The molecular formula is C27H30S3. The molecule has 0 heterocycles. The van der Waals surface area contributed by atoms with Gasteiger partial charge in [0.25, 0.3) is 0 Å². The third-order valence-electron chi connectivity index (χ3n) is 4.87. The standard InChI is InChI=1S/C27H30S3/c1-4-14-26(29-24-17-10-6-11-18-24)21(2)27(30-25-19-12-7-13-20-25)22(3)28-23-15-8-5-9-16-23/h5-22,27H,4H2,1-3H3/b26-14-/t21-,22+,27-/m1/s1. The van der Waals surface area contributed by atoms with Crippen LogP contribution in [0.3, 0.4) is 0 Å². The van der Waals surface area contributed by atoms with Crippen molar-refractivity contribution in [1.82, 2.24) is 0 Å². The Morgan fingerprint density at radius 3 is 1.67 bits per heavy atom. The SMILES string of the molecule is CC/C=C(\Sc1ccccc1)[C@@H](C)[C@@H](Sc1ccccc1)[C@H](C)Sc1ccccc1. The van der Waals surface area contributed by atoms with E-state index in [-0.39, 0.29) is 0 Å². The van der Waals surface area contributed by atoms with Gasteiger partial charge in [-0.3, -0.25) is 0 Å². The largest absolute Gasteiger partial charge is 0.122 e. The van der Waals surface area contributed by atoms with Gasteiger partial charge in [-0.1, -0.05) is 93.2 Å². The van der Waals surface area contributed by atoms with Crippen molar-refractivity contribution in [2.24, 2.45) is 5.92 Å². The number of hydrogen-bond acceptors (Lipinski definition) is 3. The van der Waals surface area contributed by atoms with Crippen molar-refractivity contribution < 1.29 is 0 Å². The first-order valence-electron chi connectivity index (χ1n) is 10.5. The summed E-state index contributed by atoms with van der Waals surface area (Å²) in [5.74, 6) is 0.451. The van der Waals surface area contributed by atoms with Gasteiger partial charge in [0.1, 0.15) is 0 Å². The zero-order valence-corrected chi connectivity index (χ0v) is 20.4. The average Bonchev–Trinajstić information content (AvgIpc) is 2.79. The molecule has 0 aliphatic heterocycles. The predicted octanol–water partition coefficient (Wildman–Crippen LogP) is 9.05. The van der Waals surface area contributed by atoms with E-state index in [1.807, 2.05) is 35.3 Å². The second-order valence-corrected chi connectivity index (χ2v) is 11.1. The topological polar surface area (TPSA) is 0 Å². The lowest BCUT2D eigenvalue weighted by atomic mass is 10.0. The van der Waals surface area contributed by atoms with Gasteiger partial charge >= 0.3 is 0 Å². The molecule has 3 aromatic carbocycles. The van der Waals surface area contributed by atoms with Gasteiger partial charge in [0.2, 0.25) is 0 Å². The van der Waals surface area contributed by atoms with Crippen molar-refractivity contribution >= 4 is 35.3 Å². The highest BCUT2D eigenvalue weighted by Crippen LogP contribution is 2.44. The van der Waals surface area contributed by atoms with Gasteiger partial charge in [0, 0.05) is 31.1 Å². The van der Waals surface area contributed by atoms with Crippen LogP contribution in [0.25, 0.3) is 0 Å². The molecular weight excluding hydrogens is 420 g/mol. The average molecular weight is 451 g/mol. The molecule has 156 valence electrons. The number of thioether (sulfide) groups is 3. The van der Waals surface area contributed by atoms with Gasteiger partial charge < -0.3 is 0 Å². The third-order valence-corrected chi connectivity index (χ3v) is 9.17. The van der Waals surface area contributed by atoms with E-state index < -0.39 is 0 Å². The Balaban J connectivity index is 1.85. The minimum atomic E-state index is 0.451. The number of rotatable bonds is 10. The van der Waals surface area contributed by atoms with E-state index in [2.05, 4.69) is 118 Å². The molecule has 3 aromatic rings. The van der Waals surface area contributed by atoms with Gasteiger partial charge in [-0.25, -0.2) is 0 Å². The fourth-order valence-electron chi connectivity index (χ4n) is 3.35. The van der Waals surface area contributed by atoms with E-state index in [0.29, 0.717) is 16.4 Å². The van der Waals surface area contributed by atoms with Crippen LogP contribution in [-0.2, 0) is 0 Å². The lowest BCUT2D eigenvalue weighted by molar-refractivity contribution is 0.652. The molecule has 0 nitrogen and oxygen atoms in total. The van der Waals surface area contributed by atoms with Crippen LogP contribution in [0.4, 0.5) is 0 Å². The van der Waals surface area contributed by atoms with E-state index in [9.17, 15) is 0 Å². The van der Waals surface area contributed by atoms with Crippen LogP contribution in [0.5, 0.6) is 0 Å². The van der Waals surface area contributed by atoms with Crippen LogP contribution in [0.15, 0.2) is 117 Å². The van der Waals surface area contributed by atoms with Crippen molar-refractivity contribution in [3.63, 3.8) is 0 Å². The van der Waals surface area contributed by atoms with E-state index in [1.165, 1.54) is 19.6 Å². The summed E-state index contributed by atoms with van der Waals surface area (Å²) in [6, 6.07) is 32.4. The minimum absolute atomic E-state index is 0.451. The molecule has 0 N–H and O–H groups in total. The summed E-state index contributed by atoms with van der Waals surface area (Å²) in [6.07, 6.45) is 3.48. The maximum Gasteiger partial charge on any atom is 0.0285 e. The zero-order chi connectivity index (χ0) is 21.2. The second kappa shape index (κ2) is 12.3. The third kappa shape index (κ3) is 7.01. The number of allylic oxidation sites excluding steroid dienone is 2. The first kappa shape index (κ1) is 23.1. The molecule has 0 fully saturated rings. The molecule has 0 aliphatic rings. The minimum Gasteiger partial charge on any atom is -0.122 e. The summed E-state index contributed by atoms with van der Waals surface area (Å²) in [6.45, 7) is 7.02. The molecule has 0 aromatic heterocycles. The van der Waals surface area contributed by atoms with E-state index in [4.69, 9.17) is 0 Å². The highest BCUT2D eigenvalue weighted by Gasteiger charge is 2.28. The van der Waals surface area contributed by atoms with Gasteiger partial charge in [-0.05, 0) is 47.7 Å². The quantitative estimate of drug-likeness (QED) is 0.283. The van der Waals surface area contributed by atoms with E-state index in [0.717, 1.165) is 6.42 Å². The lowest BCUT2D eigenvalue weighted by Crippen LogP contribution is -2.25. The first-order valence-corrected chi connectivity index (χ1v) is 13.1. The molecule has 3 atom stereocenters. The van der Waals surface area contributed by atoms with Crippen LogP contribution in [0.1, 0.15) is 27.2 Å². The van der Waals surface area contributed by atoms with Crippen molar-refractivity contribution in [2.45, 2.75) is 52.4 Å². The predicted molar refractivity (Wildman–Crippen MR) is 138 cm³/mol. The molecule has 0 bridgehead atoms. The summed E-state index contributed by atoms with van der Waals surface area (Å²) in [5.41, 5.74) is 0. The Kier molecular flexibility index (Phi) is 9.51. The van der Waals surface area contributed by atoms with E-state index >= 15 is 0 Å². The number of hydrogen-bond donors (Lipinski definition) is 0. The summed E-state index contributed by atoms with van der Waals surface area (Å²) in [4.78, 5) is 5.47. The lowest BCUT2D eigenvalue weighted by Gasteiger charge is -2.30. The van der Waals surface area contributed by atoms with Crippen molar-refractivity contribution in [3.8, 4) is 0 Å². The molecule has 0 saturated heterocycles. The molecule has 30 heavy (non-hydrogen) atoms. The molecule has 0 amide bonds. The second-order valence-electron chi connectivity index (χ2n) is 7.25. The van der Waals surface area contributed by atoms with Gasteiger partial charge in [0.05, 0.1) is 0 Å². The molecule has 0 aliphatic carbocycles. The molecule has 3 rings (SSSR count). The fraction of sp³-hybridized carbons (Fsp3) is 0.259. The number of benzene rings is 3. The fourth-order valence-corrected chi connectivity index (χ4v) is 7.20. The van der Waals surface area contributed by atoms with Crippen LogP contribution in [0, 0.1) is 5.92 Å². The van der Waals surface area contributed by atoms with Crippen molar-refractivity contribution in [3.05, 3.63) is 102 Å². The van der Waals surface area contributed by atoms with Crippen LogP contribution in [-0.4, -0.2) is 10.5 Å². The van der Waals surface area contributed by atoms with Crippen molar-refractivity contribution in [2.75, 3.05) is 0 Å². The summed E-state index contributed by atoms with van der Waals surface area (Å²) in [5, 5.41) is 0.941. The van der Waals surface area contributed by atoms with Crippen LogP contribution < -0.4 is 0 Å². The van der Waals surface area contributed by atoms with Crippen LogP contribution in [0.2, 0.25) is 0 Å². The Bertz CT molecular complexity index is 891. The van der Waals surface area contributed by atoms with Crippen LogP contribution >= 0.6 is 35.3 Å². The monoisotopic (exact) mass is 450 g/mol.